The molecule has 5 heteroatoms. The third kappa shape index (κ3) is 5.80. The van der Waals surface area contributed by atoms with E-state index >= 15 is 0 Å². The molecule has 0 radical (unpaired) electrons. The van der Waals surface area contributed by atoms with Crippen LogP contribution in [-0.2, 0) is 0 Å². The highest BCUT2D eigenvalue weighted by Gasteiger charge is 2.16. The highest BCUT2D eigenvalue weighted by Crippen LogP contribution is 2.39. The van der Waals surface area contributed by atoms with Crippen molar-refractivity contribution in [3.05, 3.63) is 188 Å². The normalized spacial score (nSPS) is 11.4. The Morgan fingerprint density at radius 1 is 0.321 bits per heavy atom. The Morgan fingerprint density at radius 2 is 0.830 bits per heavy atom. The Labute approximate surface area is 306 Å². The number of hydrogen-bond donors (Lipinski definition) is 0. The van der Waals surface area contributed by atoms with Gasteiger partial charge >= 0.3 is 0 Å². The van der Waals surface area contributed by atoms with Crippen LogP contribution in [0.5, 0.6) is 0 Å². The molecule has 2 aromatic heterocycles. The van der Waals surface area contributed by atoms with Gasteiger partial charge < -0.3 is 13.7 Å². The molecular formula is C48H31N3O2. The molecule has 250 valence electrons. The molecule has 0 fully saturated rings. The zero-order valence-corrected chi connectivity index (χ0v) is 28.6. The fourth-order valence-corrected chi connectivity index (χ4v) is 6.99. The van der Waals surface area contributed by atoms with Crippen LogP contribution in [-0.4, -0.2) is 9.97 Å². The van der Waals surface area contributed by atoms with E-state index in [2.05, 4.69) is 120 Å². The van der Waals surface area contributed by atoms with Crippen molar-refractivity contribution >= 4 is 50.0 Å². The maximum atomic E-state index is 6.18. The van der Waals surface area contributed by atoms with Crippen molar-refractivity contribution in [3.63, 3.8) is 0 Å². The first-order chi connectivity index (χ1) is 26.2. The second kappa shape index (κ2) is 12.8. The average Bonchev–Trinajstić information content (AvgIpc) is 3.87. The van der Waals surface area contributed by atoms with Gasteiger partial charge in [0.2, 0.25) is 11.8 Å². The molecule has 53 heavy (non-hydrogen) atoms. The molecule has 2 heterocycles. The van der Waals surface area contributed by atoms with Crippen LogP contribution in [0.2, 0.25) is 0 Å². The van der Waals surface area contributed by atoms with Crippen LogP contribution in [0.1, 0.15) is 0 Å². The van der Waals surface area contributed by atoms with Gasteiger partial charge in [-0.25, -0.2) is 9.97 Å². The molecule has 0 saturated carbocycles. The standard InChI is InChI=1S/C48H31N3O2/c1-3-10-35(11-4-1)47-49-43-27-20-39(31-46(43)53-47)34-17-24-41(25-18-34)51(42-26-19-32-9-7-8-14-37(32)29-42)40-22-15-33(16-23-40)38-21-28-45-44(30-38)50-48(52-45)36-12-5-2-6-13-36/h1-31H. The zero-order chi connectivity index (χ0) is 35.1. The molecule has 0 bridgehead atoms. The SMILES string of the molecule is c1ccc(-c2nc3cc(-c4ccc(N(c5ccc(-c6ccc7nc(-c8ccccc8)oc7c6)cc5)c5ccc6ccccc6c5)cc4)ccc3o2)cc1. The Morgan fingerprint density at radius 3 is 1.49 bits per heavy atom. The van der Waals surface area contributed by atoms with Crippen molar-refractivity contribution in [2.45, 2.75) is 0 Å². The van der Waals surface area contributed by atoms with Gasteiger partial charge in [-0.1, -0.05) is 103 Å². The third-order valence-electron chi connectivity index (χ3n) is 9.73. The maximum Gasteiger partial charge on any atom is 0.227 e. The van der Waals surface area contributed by atoms with E-state index in [1.807, 2.05) is 72.8 Å². The van der Waals surface area contributed by atoms with Gasteiger partial charge in [0.05, 0.1) is 0 Å². The summed E-state index contributed by atoms with van der Waals surface area (Å²) in [7, 11) is 0. The number of hydrogen-bond acceptors (Lipinski definition) is 5. The molecule has 0 unspecified atom stereocenters. The predicted molar refractivity (Wildman–Crippen MR) is 216 cm³/mol. The Bertz CT molecular complexity index is 2720. The van der Waals surface area contributed by atoms with Gasteiger partial charge in [-0.05, 0) is 118 Å². The van der Waals surface area contributed by atoms with Gasteiger partial charge in [0.25, 0.3) is 0 Å². The summed E-state index contributed by atoms with van der Waals surface area (Å²) in [6, 6.07) is 64.9. The first-order valence-electron chi connectivity index (χ1n) is 17.6. The number of nitrogens with zero attached hydrogens (tertiary/aromatic N) is 3. The lowest BCUT2D eigenvalue weighted by atomic mass is 10.0. The molecule has 0 N–H and O–H groups in total. The minimum atomic E-state index is 0.626. The van der Waals surface area contributed by atoms with Crippen LogP contribution in [0, 0.1) is 0 Å². The first-order valence-corrected chi connectivity index (χ1v) is 17.6. The van der Waals surface area contributed by atoms with Crippen molar-refractivity contribution in [2.75, 3.05) is 4.90 Å². The molecule has 0 saturated heterocycles. The summed E-state index contributed by atoms with van der Waals surface area (Å²) in [5, 5.41) is 2.40. The minimum absolute atomic E-state index is 0.626. The van der Waals surface area contributed by atoms with Crippen LogP contribution < -0.4 is 4.90 Å². The number of benzene rings is 8. The van der Waals surface area contributed by atoms with Gasteiger partial charge in [0, 0.05) is 28.2 Å². The van der Waals surface area contributed by atoms with E-state index in [0.717, 1.165) is 72.6 Å². The summed E-state index contributed by atoms with van der Waals surface area (Å²) in [4.78, 5) is 11.8. The Hall–Kier alpha value is -7.24. The van der Waals surface area contributed by atoms with Crippen LogP contribution in [0.25, 0.3) is 78.1 Å². The minimum Gasteiger partial charge on any atom is -0.436 e. The van der Waals surface area contributed by atoms with Crippen molar-refractivity contribution in [3.8, 4) is 45.2 Å². The summed E-state index contributed by atoms with van der Waals surface area (Å²) in [6.45, 7) is 0. The topological polar surface area (TPSA) is 55.3 Å². The van der Waals surface area contributed by atoms with Crippen LogP contribution in [0.15, 0.2) is 197 Å². The molecule has 0 atom stereocenters. The van der Waals surface area contributed by atoms with E-state index in [4.69, 9.17) is 18.8 Å². The van der Waals surface area contributed by atoms with Gasteiger partial charge in [-0.3, -0.25) is 0 Å². The highest BCUT2D eigenvalue weighted by atomic mass is 16.4. The van der Waals surface area contributed by atoms with E-state index in [1.54, 1.807) is 0 Å². The zero-order valence-electron chi connectivity index (χ0n) is 28.6. The first kappa shape index (κ1) is 30.6. The molecular weight excluding hydrogens is 651 g/mol. The lowest BCUT2D eigenvalue weighted by Crippen LogP contribution is -2.09. The van der Waals surface area contributed by atoms with Crippen LogP contribution in [0.4, 0.5) is 17.1 Å². The van der Waals surface area contributed by atoms with Crippen molar-refractivity contribution < 1.29 is 8.83 Å². The predicted octanol–water partition coefficient (Wildman–Crippen LogP) is 13.3. The van der Waals surface area contributed by atoms with E-state index in [1.165, 1.54) is 10.8 Å². The molecule has 10 aromatic rings. The number of oxazole rings is 2. The van der Waals surface area contributed by atoms with Crippen molar-refractivity contribution in [1.29, 1.82) is 0 Å². The van der Waals surface area contributed by atoms with Crippen LogP contribution >= 0.6 is 0 Å². The largest absolute Gasteiger partial charge is 0.436 e. The lowest BCUT2D eigenvalue weighted by molar-refractivity contribution is 0.619. The summed E-state index contributed by atoms with van der Waals surface area (Å²) in [6.07, 6.45) is 0. The van der Waals surface area contributed by atoms with E-state index in [-0.39, 0.29) is 0 Å². The second-order valence-corrected chi connectivity index (χ2v) is 13.1. The molecule has 8 aromatic carbocycles. The average molecular weight is 682 g/mol. The second-order valence-electron chi connectivity index (χ2n) is 13.1. The number of anilines is 3. The summed E-state index contributed by atoms with van der Waals surface area (Å²) in [5.74, 6) is 1.25. The molecule has 5 nitrogen and oxygen atoms in total. The van der Waals surface area contributed by atoms with Gasteiger partial charge in [0.1, 0.15) is 11.0 Å². The van der Waals surface area contributed by atoms with Crippen molar-refractivity contribution in [2.24, 2.45) is 0 Å². The molecule has 0 aliphatic heterocycles. The van der Waals surface area contributed by atoms with Gasteiger partial charge in [-0.2, -0.15) is 0 Å². The quantitative estimate of drug-likeness (QED) is 0.168. The number of rotatable bonds is 7. The monoisotopic (exact) mass is 681 g/mol. The summed E-state index contributed by atoms with van der Waals surface area (Å²) in [5.41, 5.74) is 12.7. The summed E-state index contributed by atoms with van der Waals surface area (Å²) >= 11 is 0. The maximum absolute atomic E-state index is 6.18. The molecule has 0 aliphatic carbocycles. The summed E-state index contributed by atoms with van der Waals surface area (Å²) < 4.78 is 12.3. The van der Waals surface area contributed by atoms with E-state index in [0.29, 0.717) is 11.8 Å². The Kier molecular flexibility index (Phi) is 7.40. The molecule has 0 amide bonds. The van der Waals surface area contributed by atoms with Crippen molar-refractivity contribution in [1.82, 2.24) is 9.97 Å². The van der Waals surface area contributed by atoms with E-state index in [9.17, 15) is 0 Å². The lowest BCUT2D eigenvalue weighted by Gasteiger charge is -2.26. The van der Waals surface area contributed by atoms with Gasteiger partial charge in [0.15, 0.2) is 11.2 Å². The van der Waals surface area contributed by atoms with Crippen LogP contribution in [0.3, 0.4) is 0 Å². The fraction of sp³-hybridized carbons (Fsp3) is 0. The molecule has 0 aliphatic rings. The smallest absolute Gasteiger partial charge is 0.227 e. The third-order valence-corrected chi connectivity index (χ3v) is 9.73. The molecule has 0 spiro atoms. The fourth-order valence-electron chi connectivity index (χ4n) is 6.99. The number of fused-ring (bicyclic) bond motifs is 3. The van der Waals surface area contributed by atoms with Gasteiger partial charge in [-0.15, -0.1) is 0 Å². The Balaban J connectivity index is 0.989. The highest BCUT2D eigenvalue weighted by molar-refractivity contribution is 5.90. The number of aromatic nitrogens is 2. The van der Waals surface area contributed by atoms with E-state index < -0.39 is 0 Å². The molecule has 10 rings (SSSR count).